The lowest BCUT2D eigenvalue weighted by atomic mass is 10.1. The molecule has 0 heterocycles. The minimum Gasteiger partial charge on any atom is -0.194 e. The molecular weight excluding hydrogens is 239 g/mol. The fourth-order valence-corrected chi connectivity index (χ4v) is 2.54. The summed E-state index contributed by atoms with van der Waals surface area (Å²) < 4.78 is 34.8. The van der Waals surface area contributed by atoms with Crippen LogP contribution in [0.2, 0.25) is 5.02 Å². The molecule has 84 valence electrons. The Balaban J connectivity index is 3.05. The second-order valence-corrected chi connectivity index (χ2v) is 5.26. The minimum absolute atomic E-state index is 0.278. The summed E-state index contributed by atoms with van der Waals surface area (Å²) in [5.41, 5.74) is 0.448. The Hall–Kier alpha value is -0.610. The molecule has 0 fully saturated rings. The highest BCUT2D eigenvalue weighted by Gasteiger charge is 2.25. The van der Waals surface area contributed by atoms with Gasteiger partial charge in [-0.15, -0.1) is 3.89 Å². The lowest BCUT2D eigenvalue weighted by molar-refractivity contribution is 0.528. The molecule has 1 rings (SSSR count). The molecule has 0 saturated heterocycles. The van der Waals surface area contributed by atoms with Gasteiger partial charge in [0, 0.05) is 5.02 Å². The van der Waals surface area contributed by atoms with E-state index in [1.807, 2.05) is 6.92 Å². The Morgan fingerprint density at radius 2 is 1.87 bits per heavy atom. The third-order valence-electron chi connectivity index (χ3n) is 2.13. The largest absolute Gasteiger partial charge is 0.309 e. The summed E-state index contributed by atoms with van der Waals surface area (Å²) in [7, 11) is -4.54. The predicted octanol–water partition coefficient (Wildman–Crippen LogP) is 3.48. The fourth-order valence-electron chi connectivity index (χ4n) is 1.41. The van der Waals surface area contributed by atoms with Gasteiger partial charge in [0.25, 0.3) is 0 Å². The minimum atomic E-state index is -4.54. The molecule has 0 spiro atoms. The summed E-state index contributed by atoms with van der Waals surface area (Å²) in [5.74, 6) is 0. The smallest absolute Gasteiger partial charge is 0.194 e. The zero-order chi connectivity index (χ0) is 11.5. The molecule has 0 saturated carbocycles. The molecule has 15 heavy (non-hydrogen) atoms. The van der Waals surface area contributed by atoms with Gasteiger partial charge in [-0.2, -0.15) is 8.42 Å². The molecule has 0 aliphatic rings. The van der Waals surface area contributed by atoms with Crippen LogP contribution in [0.3, 0.4) is 0 Å². The quantitative estimate of drug-likeness (QED) is 0.767. The van der Waals surface area contributed by atoms with Crippen molar-refractivity contribution >= 4 is 21.8 Å². The number of rotatable bonds is 4. The maximum atomic E-state index is 13.0. The monoisotopic (exact) mass is 250 g/mol. The molecule has 0 N–H and O–H groups in total. The van der Waals surface area contributed by atoms with E-state index in [9.17, 15) is 12.3 Å². The van der Waals surface area contributed by atoms with Crippen molar-refractivity contribution in [3.63, 3.8) is 0 Å². The average Bonchev–Trinajstić information content (AvgIpc) is 2.14. The molecule has 0 aliphatic carbocycles. The molecule has 1 aromatic rings. The molecule has 2 nitrogen and oxygen atoms in total. The first-order valence-corrected chi connectivity index (χ1v) is 6.46. The van der Waals surface area contributed by atoms with Crippen molar-refractivity contribution in [2.75, 3.05) is 0 Å². The van der Waals surface area contributed by atoms with Gasteiger partial charge in [-0.05, 0) is 24.1 Å². The highest BCUT2D eigenvalue weighted by Crippen LogP contribution is 2.29. The van der Waals surface area contributed by atoms with Gasteiger partial charge in [-0.25, -0.2) is 0 Å². The van der Waals surface area contributed by atoms with Crippen molar-refractivity contribution in [3.8, 4) is 0 Å². The van der Waals surface area contributed by atoms with E-state index in [0.29, 0.717) is 17.0 Å². The molecule has 0 amide bonds. The van der Waals surface area contributed by atoms with E-state index in [0.717, 1.165) is 0 Å². The maximum absolute atomic E-state index is 13.0. The molecule has 1 atom stereocenters. The number of hydrogen-bond donors (Lipinski definition) is 0. The van der Waals surface area contributed by atoms with Gasteiger partial charge in [-0.1, -0.05) is 37.1 Å². The fraction of sp³-hybridized carbons (Fsp3) is 0.400. The van der Waals surface area contributed by atoms with Crippen LogP contribution in [0.5, 0.6) is 0 Å². The first-order chi connectivity index (χ1) is 6.95. The van der Waals surface area contributed by atoms with E-state index >= 15 is 0 Å². The molecular formula is C10H12ClFO2S. The van der Waals surface area contributed by atoms with Crippen LogP contribution in [-0.4, -0.2) is 8.42 Å². The van der Waals surface area contributed by atoms with E-state index in [1.54, 1.807) is 24.3 Å². The first kappa shape index (κ1) is 12.5. The van der Waals surface area contributed by atoms with E-state index < -0.39 is 15.5 Å². The SMILES string of the molecule is CCCC(c1ccc(Cl)cc1)S(=O)(=O)F. The molecule has 0 aliphatic heterocycles. The molecule has 1 aromatic carbocycles. The molecule has 5 heteroatoms. The van der Waals surface area contributed by atoms with E-state index in [2.05, 4.69) is 0 Å². The van der Waals surface area contributed by atoms with Crippen molar-refractivity contribution in [2.45, 2.75) is 25.0 Å². The predicted molar refractivity (Wildman–Crippen MR) is 59.1 cm³/mol. The average molecular weight is 251 g/mol. The normalized spacial score (nSPS) is 13.8. The van der Waals surface area contributed by atoms with E-state index in [1.165, 1.54) is 0 Å². The van der Waals surface area contributed by atoms with Gasteiger partial charge in [0.1, 0.15) is 5.25 Å². The van der Waals surface area contributed by atoms with Crippen LogP contribution >= 0.6 is 11.6 Å². The van der Waals surface area contributed by atoms with Gasteiger partial charge in [0.05, 0.1) is 0 Å². The molecule has 0 aromatic heterocycles. The highest BCUT2D eigenvalue weighted by molar-refractivity contribution is 7.86. The van der Waals surface area contributed by atoms with Crippen LogP contribution in [0.25, 0.3) is 0 Å². The van der Waals surface area contributed by atoms with Gasteiger partial charge >= 0.3 is 10.2 Å². The summed E-state index contributed by atoms with van der Waals surface area (Å²) in [6.45, 7) is 1.81. The Bertz CT molecular complexity index is 414. The maximum Gasteiger partial charge on any atom is 0.309 e. The van der Waals surface area contributed by atoms with E-state index in [-0.39, 0.29) is 6.42 Å². The summed E-state index contributed by atoms with van der Waals surface area (Å²) in [4.78, 5) is 0. The zero-order valence-electron chi connectivity index (χ0n) is 8.28. The summed E-state index contributed by atoms with van der Waals surface area (Å²) in [6.07, 6.45) is 0.886. The molecule has 0 radical (unpaired) electrons. The van der Waals surface area contributed by atoms with Crippen LogP contribution in [0, 0.1) is 0 Å². The third kappa shape index (κ3) is 3.47. The van der Waals surface area contributed by atoms with Gasteiger partial charge in [0.15, 0.2) is 0 Å². The second-order valence-electron chi connectivity index (χ2n) is 3.30. The molecule has 1 unspecified atom stereocenters. The Labute approximate surface area is 94.3 Å². The van der Waals surface area contributed by atoms with Crippen LogP contribution in [0.15, 0.2) is 24.3 Å². The van der Waals surface area contributed by atoms with Crippen molar-refractivity contribution in [1.29, 1.82) is 0 Å². The topological polar surface area (TPSA) is 34.1 Å². The lowest BCUT2D eigenvalue weighted by Gasteiger charge is -2.11. The summed E-state index contributed by atoms with van der Waals surface area (Å²) in [5, 5.41) is -0.565. The van der Waals surface area contributed by atoms with Crippen molar-refractivity contribution in [2.24, 2.45) is 0 Å². The second kappa shape index (κ2) is 4.94. The Morgan fingerprint density at radius 1 is 1.33 bits per heavy atom. The van der Waals surface area contributed by atoms with Crippen LogP contribution in [0.1, 0.15) is 30.6 Å². The van der Waals surface area contributed by atoms with Crippen molar-refractivity contribution < 1.29 is 12.3 Å². The van der Waals surface area contributed by atoms with Crippen molar-refractivity contribution in [1.82, 2.24) is 0 Å². The lowest BCUT2D eigenvalue weighted by Crippen LogP contribution is -2.07. The summed E-state index contributed by atoms with van der Waals surface area (Å²) in [6, 6.07) is 6.20. The highest BCUT2D eigenvalue weighted by atomic mass is 35.5. The van der Waals surface area contributed by atoms with Crippen LogP contribution < -0.4 is 0 Å². The standard InChI is InChI=1S/C10H12ClFO2S/c1-2-3-10(15(12,13)14)8-4-6-9(11)7-5-8/h4-7,10H,2-3H2,1H3. The first-order valence-electron chi connectivity index (χ1n) is 4.64. The van der Waals surface area contributed by atoms with Crippen molar-refractivity contribution in [3.05, 3.63) is 34.9 Å². The van der Waals surface area contributed by atoms with Gasteiger partial charge < -0.3 is 0 Å². The van der Waals surface area contributed by atoms with Gasteiger partial charge in [0.2, 0.25) is 0 Å². The third-order valence-corrected chi connectivity index (χ3v) is 3.57. The number of hydrogen-bond acceptors (Lipinski definition) is 2. The van der Waals surface area contributed by atoms with E-state index in [4.69, 9.17) is 11.6 Å². The van der Waals surface area contributed by atoms with Gasteiger partial charge in [-0.3, -0.25) is 0 Å². The summed E-state index contributed by atoms with van der Waals surface area (Å²) >= 11 is 5.66. The Kier molecular flexibility index (Phi) is 4.11. The molecule has 0 bridgehead atoms. The zero-order valence-corrected chi connectivity index (χ0v) is 9.85. The van der Waals surface area contributed by atoms with Crippen LogP contribution in [-0.2, 0) is 10.2 Å². The number of halogens is 2. The number of benzene rings is 1. The Morgan fingerprint density at radius 3 is 2.27 bits per heavy atom. The van der Waals surface area contributed by atoms with Crippen LogP contribution in [0.4, 0.5) is 3.89 Å².